The molecule has 0 saturated carbocycles. The second kappa shape index (κ2) is 5.87. The van der Waals surface area contributed by atoms with Gasteiger partial charge in [0.05, 0.1) is 0 Å². The zero-order valence-corrected chi connectivity index (χ0v) is 8.87. The van der Waals surface area contributed by atoms with Crippen molar-refractivity contribution >= 4 is 12.4 Å². The molecule has 0 aromatic heterocycles. The van der Waals surface area contributed by atoms with Crippen molar-refractivity contribution in [2.75, 3.05) is 0 Å². The predicted molar refractivity (Wildman–Crippen MR) is 55.8 cm³/mol. The first-order chi connectivity index (χ1) is 7.65. The van der Waals surface area contributed by atoms with Crippen LogP contribution < -0.4 is 0 Å². The maximum atomic E-state index is 11.2. The fourth-order valence-corrected chi connectivity index (χ4v) is 1.01. The summed E-state index contributed by atoms with van der Waals surface area (Å²) in [5.74, 6) is 0. The molecular weight excluding hydrogens is 210 g/mol. The van der Waals surface area contributed by atoms with Crippen molar-refractivity contribution in [3.05, 3.63) is 35.9 Å². The van der Waals surface area contributed by atoms with Gasteiger partial charge < -0.3 is 9.53 Å². The summed E-state index contributed by atoms with van der Waals surface area (Å²) in [6, 6.07) is 8.14. The highest BCUT2D eigenvalue weighted by Crippen LogP contribution is 2.03. The Morgan fingerprint density at radius 2 is 2.12 bits per heavy atom. The lowest BCUT2D eigenvalue weighted by atomic mass is 10.2. The van der Waals surface area contributed by atoms with Crippen LogP contribution in [-0.2, 0) is 16.1 Å². The first kappa shape index (κ1) is 12.2. The van der Waals surface area contributed by atoms with Crippen molar-refractivity contribution < 1.29 is 19.5 Å². The number of hydrogen-bond donors (Lipinski definition) is 1. The zero-order valence-electron chi connectivity index (χ0n) is 8.87. The van der Waals surface area contributed by atoms with Gasteiger partial charge in [-0.15, -0.1) is 0 Å². The number of hydroxylamine groups is 2. The number of amides is 1. The van der Waals surface area contributed by atoms with Crippen molar-refractivity contribution in [2.45, 2.75) is 19.6 Å². The highest BCUT2D eigenvalue weighted by atomic mass is 16.6. The molecule has 5 nitrogen and oxygen atoms in total. The molecule has 5 heteroatoms. The van der Waals surface area contributed by atoms with E-state index in [9.17, 15) is 14.8 Å². The largest absolute Gasteiger partial charge is 0.443 e. The summed E-state index contributed by atoms with van der Waals surface area (Å²) in [7, 11) is 0. The third-order valence-electron chi connectivity index (χ3n) is 1.97. The molecule has 1 unspecified atom stereocenters. The van der Waals surface area contributed by atoms with Crippen LogP contribution in [0.3, 0.4) is 0 Å². The molecule has 0 heterocycles. The smallest absolute Gasteiger partial charge is 0.434 e. The fourth-order valence-electron chi connectivity index (χ4n) is 1.01. The molecule has 1 aromatic rings. The average Bonchev–Trinajstić information content (AvgIpc) is 2.35. The average molecular weight is 223 g/mol. The van der Waals surface area contributed by atoms with Crippen molar-refractivity contribution in [3.63, 3.8) is 0 Å². The van der Waals surface area contributed by atoms with Gasteiger partial charge in [0, 0.05) is 0 Å². The number of carbonyl (C=O) groups is 2. The molecule has 0 radical (unpaired) electrons. The lowest BCUT2D eigenvalue weighted by molar-refractivity contribution is -0.131. The van der Waals surface area contributed by atoms with Gasteiger partial charge in [-0.05, 0) is 12.5 Å². The van der Waals surface area contributed by atoms with Crippen LogP contribution in [0, 0.1) is 0 Å². The number of aldehydes is 1. The minimum Gasteiger partial charge on any atom is -0.443 e. The molecule has 1 rings (SSSR count). The Bertz CT molecular complexity index is 352. The van der Waals surface area contributed by atoms with Gasteiger partial charge in [-0.1, -0.05) is 30.3 Å². The monoisotopic (exact) mass is 223 g/mol. The molecular formula is C11H13NO4. The van der Waals surface area contributed by atoms with Gasteiger partial charge in [-0.3, -0.25) is 5.21 Å². The molecule has 16 heavy (non-hydrogen) atoms. The normalized spacial score (nSPS) is 11.6. The van der Waals surface area contributed by atoms with E-state index in [1.54, 1.807) is 12.1 Å². The minimum atomic E-state index is -0.941. The zero-order chi connectivity index (χ0) is 12.0. The Morgan fingerprint density at radius 3 is 2.69 bits per heavy atom. The Morgan fingerprint density at radius 1 is 1.50 bits per heavy atom. The minimum absolute atomic E-state index is 0.0578. The number of ether oxygens (including phenoxy) is 1. The van der Waals surface area contributed by atoms with Crippen LogP contribution in [0.15, 0.2) is 30.3 Å². The third kappa shape index (κ3) is 3.36. The van der Waals surface area contributed by atoms with E-state index in [2.05, 4.69) is 0 Å². The Kier molecular flexibility index (Phi) is 4.47. The Hall–Kier alpha value is -1.88. The Labute approximate surface area is 93.2 Å². The van der Waals surface area contributed by atoms with Crippen LogP contribution >= 0.6 is 0 Å². The third-order valence-corrected chi connectivity index (χ3v) is 1.97. The van der Waals surface area contributed by atoms with Crippen molar-refractivity contribution in [2.24, 2.45) is 0 Å². The van der Waals surface area contributed by atoms with Gasteiger partial charge in [-0.25, -0.2) is 4.79 Å². The van der Waals surface area contributed by atoms with E-state index in [0.717, 1.165) is 5.56 Å². The van der Waals surface area contributed by atoms with E-state index in [-0.39, 0.29) is 11.7 Å². The number of benzene rings is 1. The van der Waals surface area contributed by atoms with Crippen molar-refractivity contribution in [3.8, 4) is 0 Å². The number of nitrogens with zero attached hydrogens (tertiary/aromatic N) is 1. The summed E-state index contributed by atoms with van der Waals surface area (Å²) < 4.78 is 4.79. The molecule has 0 spiro atoms. The van der Waals surface area contributed by atoms with Crippen molar-refractivity contribution in [1.82, 2.24) is 5.06 Å². The summed E-state index contributed by atoms with van der Waals surface area (Å²) in [5.41, 5.74) is 0.808. The maximum absolute atomic E-state index is 11.2. The van der Waals surface area contributed by atoms with E-state index < -0.39 is 12.1 Å². The van der Waals surface area contributed by atoms with E-state index >= 15 is 0 Å². The molecule has 0 bridgehead atoms. The van der Waals surface area contributed by atoms with Crippen LogP contribution in [0.25, 0.3) is 0 Å². The van der Waals surface area contributed by atoms with Crippen molar-refractivity contribution in [1.29, 1.82) is 0 Å². The van der Waals surface area contributed by atoms with Crippen LogP contribution in [0.1, 0.15) is 12.5 Å². The SMILES string of the molecule is CC(C=O)N(O)C(=O)OCc1ccccc1. The van der Waals surface area contributed by atoms with Crippen LogP contribution in [-0.4, -0.2) is 28.7 Å². The van der Waals surface area contributed by atoms with E-state index in [1.165, 1.54) is 6.92 Å². The van der Waals surface area contributed by atoms with Gasteiger partial charge in [-0.2, -0.15) is 5.06 Å². The molecule has 1 aromatic carbocycles. The molecule has 0 aliphatic rings. The lowest BCUT2D eigenvalue weighted by Gasteiger charge is -2.17. The molecule has 0 aliphatic heterocycles. The summed E-state index contributed by atoms with van der Waals surface area (Å²) in [6.07, 6.45) is -0.493. The second-order valence-electron chi connectivity index (χ2n) is 3.26. The molecule has 0 saturated heterocycles. The molecule has 0 fully saturated rings. The number of rotatable bonds is 4. The fraction of sp³-hybridized carbons (Fsp3) is 0.273. The van der Waals surface area contributed by atoms with Crippen LogP contribution in [0.5, 0.6) is 0 Å². The topological polar surface area (TPSA) is 66.8 Å². The van der Waals surface area contributed by atoms with E-state index in [1.807, 2.05) is 18.2 Å². The highest BCUT2D eigenvalue weighted by molar-refractivity contribution is 5.71. The first-order valence-corrected chi connectivity index (χ1v) is 4.79. The molecule has 1 N–H and O–H groups in total. The summed E-state index contributed by atoms with van der Waals surface area (Å²) >= 11 is 0. The van der Waals surface area contributed by atoms with Gasteiger partial charge in [0.2, 0.25) is 0 Å². The standard InChI is InChI=1S/C11H13NO4/c1-9(7-13)12(15)11(14)16-8-10-5-3-2-4-6-10/h2-7,9,15H,8H2,1H3. The molecule has 1 amide bonds. The lowest BCUT2D eigenvalue weighted by Crippen LogP contribution is -2.36. The quantitative estimate of drug-likeness (QED) is 0.478. The van der Waals surface area contributed by atoms with E-state index in [4.69, 9.17) is 4.74 Å². The molecule has 1 atom stereocenters. The number of hydrogen-bond acceptors (Lipinski definition) is 4. The van der Waals surface area contributed by atoms with Crippen LogP contribution in [0.4, 0.5) is 4.79 Å². The summed E-state index contributed by atoms with van der Waals surface area (Å²) in [6.45, 7) is 1.44. The van der Waals surface area contributed by atoms with Gasteiger partial charge in [0.1, 0.15) is 18.9 Å². The van der Waals surface area contributed by atoms with Gasteiger partial charge >= 0.3 is 6.09 Å². The maximum Gasteiger partial charge on any atom is 0.434 e. The molecule has 86 valence electrons. The van der Waals surface area contributed by atoms with Crippen LogP contribution in [0.2, 0.25) is 0 Å². The Balaban J connectivity index is 2.44. The molecule has 0 aliphatic carbocycles. The van der Waals surface area contributed by atoms with Gasteiger partial charge in [0.15, 0.2) is 0 Å². The summed E-state index contributed by atoms with van der Waals surface area (Å²) in [4.78, 5) is 21.5. The first-order valence-electron chi connectivity index (χ1n) is 4.79. The van der Waals surface area contributed by atoms with Gasteiger partial charge in [0.25, 0.3) is 0 Å². The number of carbonyl (C=O) groups excluding carboxylic acids is 2. The predicted octanol–water partition coefficient (Wildman–Crippen LogP) is 1.60. The summed E-state index contributed by atoms with van der Waals surface area (Å²) in [5, 5.41) is 9.45. The highest BCUT2D eigenvalue weighted by Gasteiger charge is 2.18. The second-order valence-corrected chi connectivity index (χ2v) is 3.26. The van der Waals surface area contributed by atoms with E-state index in [0.29, 0.717) is 6.29 Å².